The van der Waals surface area contributed by atoms with Crippen molar-refractivity contribution in [3.63, 3.8) is 0 Å². The van der Waals surface area contributed by atoms with Crippen LogP contribution in [0.15, 0.2) is 22.6 Å². The van der Waals surface area contributed by atoms with Crippen LogP contribution in [-0.4, -0.2) is 12.0 Å². The lowest BCUT2D eigenvalue weighted by Gasteiger charge is -2.12. The van der Waals surface area contributed by atoms with Gasteiger partial charge in [0.2, 0.25) is 0 Å². The van der Waals surface area contributed by atoms with Crippen molar-refractivity contribution < 1.29 is 9.34 Å². The molecule has 1 atom stereocenters. The van der Waals surface area contributed by atoms with Crippen molar-refractivity contribution in [1.29, 1.82) is 0 Å². The molecule has 2 aromatic heterocycles. The second-order valence-electron chi connectivity index (χ2n) is 4.02. The smallest absolute Gasteiger partial charge is 0.404 e. The summed E-state index contributed by atoms with van der Waals surface area (Å²) in [6.45, 7) is 4.08. The summed E-state index contributed by atoms with van der Waals surface area (Å²) >= 11 is 1.71. The van der Waals surface area contributed by atoms with Crippen molar-refractivity contribution in [3.8, 4) is 0 Å². The van der Waals surface area contributed by atoms with Crippen LogP contribution in [0.25, 0.3) is 0 Å². The van der Waals surface area contributed by atoms with Gasteiger partial charge in [0.05, 0.1) is 12.1 Å². The topological polar surface area (TPSA) is 68.3 Å². The summed E-state index contributed by atoms with van der Waals surface area (Å²) in [4.78, 5) is 12.5. The van der Waals surface area contributed by atoms with Crippen molar-refractivity contribution in [3.05, 3.63) is 49.4 Å². The number of nitrogens with zero attached hydrogens (tertiary/aromatic N) is 1. The first-order valence-electron chi connectivity index (χ1n) is 5.51. The molecule has 1 unspecified atom stereocenters. The molecular formula is C12H14N2O3S. The number of hydrogen-bond donors (Lipinski definition) is 1. The first-order valence-corrected chi connectivity index (χ1v) is 6.33. The normalized spacial score (nSPS) is 12.6. The van der Waals surface area contributed by atoms with Gasteiger partial charge in [-0.05, 0) is 38.6 Å². The Hall–Kier alpha value is -1.66. The maximum absolute atomic E-state index is 10.6. The maximum atomic E-state index is 10.6. The molecule has 18 heavy (non-hydrogen) atoms. The van der Waals surface area contributed by atoms with Gasteiger partial charge in [-0.15, -0.1) is 11.3 Å². The highest BCUT2D eigenvalue weighted by Gasteiger charge is 2.22. The van der Waals surface area contributed by atoms with E-state index in [4.69, 9.17) is 4.42 Å². The number of aryl methyl sites for hydroxylation is 2. The van der Waals surface area contributed by atoms with Crippen molar-refractivity contribution in [2.75, 3.05) is 7.05 Å². The molecule has 0 aliphatic carbocycles. The third-order valence-corrected chi connectivity index (χ3v) is 3.74. The highest BCUT2D eigenvalue weighted by atomic mass is 32.1. The molecule has 6 heteroatoms. The molecule has 0 spiro atoms. The quantitative estimate of drug-likeness (QED) is 0.681. The van der Waals surface area contributed by atoms with Crippen LogP contribution in [0.1, 0.15) is 27.1 Å². The van der Waals surface area contributed by atoms with Crippen LogP contribution in [0.4, 0.5) is 5.88 Å². The summed E-state index contributed by atoms with van der Waals surface area (Å²) in [5.41, 5.74) is 1.10. The Balaban J connectivity index is 2.38. The molecule has 0 aromatic carbocycles. The summed E-state index contributed by atoms with van der Waals surface area (Å²) in [5, 5.41) is 13.8. The predicted octanol–water partition coefficient (Wildman–Crippen LogP) is 3.17. The second kappa shape index (κ2) is 4.91. The minimum absolute atomic E-state index is 0.149. The largest absolute Gasteiger partial charge is 0.433 e. The number of furan rings is 1. The van der Waals surface area contributed by atoms with E-state index in [0.717, 1.165) is 5.56 Å². The number of nitrogens with one attached hydrogen (secondary N) is 1. The van der Waals surface area contributed by atoms with E-state index in [-0.39, 0.29) is 11.9 Å². The van der Waals surface area contributed by atoms with Crippen LogP contribution in [0.5, 0.6) is 0 Å². The van der Waals surface area contributed by atoms with E-state index in [9.17, 15) is 10.1 Å². The first-order chi connectivity index (χ1) is 8.52. The molecule has 2 heterocycles. The lowest BCUT2D eigenvalue weighted by molar-refractivity contribution is -0.402. The molecule has 0 aliphatic rings. The molecule has 2 rings (SSSR count). The zero-order valence-corrected chi connectivity index (χ0v) is 11.2. The Kier molecular flexibility index (Phi) is 3.49. The van der Waals surface area contributed by atoms with Gasteiger partial charge in [-0.25, -0.2) is 0 Å². The third kappa shape index (κ3) is 2.30. The number of nitro groups is 1. The Labute approximate surface area is 109 Å². The molecule has 0 amide bonds. The second-order valence-corrected chi connectivity index (χ2v) is 5.48. The first kappa shape index (κ1) is 12.8. The Morgan fingerprint density at radius 2 is 2.17 bits per heavy atom. The number of rotatable bonds is 4. The van der Waals surface area contributed by atoms with Gasteiger partial charge in [0, 0.05) is 9.75 Å². The molecule has 0 saturated carbocycles. The SMILES string of the molecule is CNC(c1ccc([N+](=O)[O-])o1)c1cc(C)sc1C. The molecule has 0 bridgehead atoms. The standard InChI is InChI=1S/C12H14N2O3S/c1-7-6-9(8(2)18-7)12(13-3)10-4-5-11(17-10)14(15)16/h4-6,12-13H,1-3H3. The fourth-order valence-corrected chi connectivity index (χ4v) is 2.95. The van der Waals surface area contributed by atoms with E-state index in [1.54, 1.807) is 17.4 Å². The van der Waals surface area contributed by atoms with E-state index < -0.39 is 4.92 Å². The summed E-state index contributed by atoms with van der Waals surface area (Å²) in [5.74, 6) is 0.333. The van der Waals surface area contributed by atoms with Crippen LogP contribution < -0.4 is 5.32 Å². The van der Waals surface area contributed by atoms with E-state index in [1.807, 2.05) is 20.9 Å². The monoisotopic (exact) mass is 266 g/mol. The van der Waals surface area contributed by atoms with Crippen LogP contribution in [-0.2, 0) is 0 Å². The lowest BCUT2D eigenvalue weighted by atomic mass is 10.1. The molecule has 0 radical (unpaired) electrons. The molecule has 2 aromatic rings. The van der Waals surface area contributed by atoms with E-state index in [2.05, 4.69) is 11.4 Å². The van der Waals surface area contributed by atoms with Gasteiger partial charge in [-0.3, -0.25) is 10.1 Å². The third-order valence-electron chi connectivity index (χ3n) is 2.76. The van der Waals surface area contributed by atoms with Gasteiger partial charge in [0.1, 0.15) is 10.7 Å². The van der Waals surface area contributed by atoms with E-state index >= 15 is 0 Å². The van der Waals surface area contributed by atoms with Gasteiger partial charge >= 0.3 is 5.88 Å². The zero-order chi connectivity index (χ0) is 13.3. The molecule has 96 valence electrons. The molecular weight excluding hydrogens is 252 g/mol. The highest BCUT2D eigenvalue weighted by Crippen LogP contribution is 2.32. The van der Waals surface area contributed by atoms with Crippen molar-refractivity contribution in [2.45, 2.75) is 19.9 Å². The average molecular weight is 266 g/mol. The van der Waals surface area contributed by atoms with Crippen LogP contribution in [0.3, 0.4) is 0 Å². The number of hydrogen-bond acceptors (Lipinski definition) is 5. The minimum atomic E-state index is -0.526. The van der Waals surface area contributed by atoms with Crippen molar-refractivity contribution in [2.24, 2.45) is 0 Å². The van der Waals surface area contributed by atoms with Crippen molar-refractivity contribution in [1.82, 2.24) is 5.32 Å². The lowest BCUT2D eigenvalue weighted by Crippen LogP contribution is -2.17. The molecule has 0 fully saturated rings. The molecule has 0 aliphatic heterocycles. The van der Waals surface area contributed by atoms with Gasteiger partial charge < -0.3 is 9.73 Å². The summed E-state index contributed by atoms with van der Waals surface area (Å²) in [6, 6.07) is 4.96. The van der Waals surface area contributed by atoms with Gasteiger partial charge in [-0.1, -0.05) is 0 Å². The minimum Gasteiger partial charge on any atom is -0.404 e. The summed E-state index contributed by atoms with van der Waals surface area (Å²) < 4.78 is 5.26. The summed E-state index contributed by atoms with van der Waals surface area (Å²) in [6.07, 6.45) is 0. The van der Waals surface area contributed by atoms with Crippen LogP contribution in [0, 0.1) is 24.0 Å². The van der Waals surface area contributed by atoms with Gasteiger partial charge in [0.25, 0.3) is 0 Å². The van der Waals surface area contributed by atoms with Gasteiger partial charge in [0.15, 0.2) is 0 Å². The van der Waals surface area contributed by atoms with Crippen LogP contribution >= 0.6 is 11.3 Å². The molecule has 5 nitrogen and oxygen atoms in total. The fraction of sp³-hybridized carbons (Fsp3) is 0.333. The van der Waals surface area contributed by atoms with E-state index in [1.165, 1.54) is 15.8 Å². The van der Waals surface area contributed by atoms with Gasteiger partial charge in [-0.2, -0.15) is 0 Å². The van der Waals surface area contributed by atoms with Crippen LogP contribution in [0.2, 0.25) is 0 Å². The average Bonchev–Trinajstić information content (AvgIpc) is 2.88. The zero-order valence-electron chi connectivity index (χ0n) is 10.4. The molecule has 1 N–H and O–H groups in total. The highest BCUT2D eigenvalue weighted by molar-refractivity contribution is 7.12. The summed E-state index contributed by atoms with van der Waals surface area (Å²) in [7, 11) is 1.81. The Morgan fingerprint density at radius 1 is 1.44 bits per heavy atom. The predicted molar refractivity (Wildman–Crippen MR) is 70.1 cm³/mol. The molecule has 0 saturated heterocycles. The Bertz CT molecular complexity index is 574. The maximum Gasteiger partial charge on any atom is 0.433 e. The van der Waals surface area contributed by atoms with E-state index in [0.29, 0.717) is 5.76 Å². The number of thiophene rings is 1. The Morgan fingerprint density at radius 3 is 2.61 bits per heavy atom. The fourth-order valence-electron chi connectivity index (χ4n) is 1.98. The van der Waals surface area contributed by atoms with Crippen molar-refractivity contribution >= 4 is 17.2 Å².